The third-order valence-electron chi connectivity index (χ3n) is 11.2. The van der Waals surface area contributed by atoms with Crippen molar-refractivity contribution in [3.05, 3.63) is 125 Å². The average molecular weight is 1030 g/mol. The molecule has 6 atom stereocenters. The number of rotatable bonds is 24. The molecule has 0 bridgehead atoms. The fourth-order valence-corrected chi connectivity index (χ4v) is 7.10. The number of carboxylic acid groups (broad SMARTS) is 2. The van der Waals surface area contributed by atoms with Gasteiger partial charge in [-0.1, -0.05) is 55.5 Å². The first-order valence-corrected chi connectivity index (χ1v) is 23.8. The summed E-state index contributed by atoms with van der Waals surface area (Å²) >= 11 is 0. The summed E-state index contributed by atoms with van der Waals surface area (Å²) in [5.74, 6) is -19.9. The third kappa shape index (κ3) is 19.4. The van der Waals surface area contributed by atoms with Crippen molar-refractivity contribution < 1.29 is 90.0 Å². The van der Waals surface area contributed by atoms with Crippen molar-refractivity contribution in [3.63, 3.8) is 0 Å². The number of hydrogen-bond acceptors (Lipinski definition) is 12. The first-order valence-electron chi connectivity index (χ1n) is 23.8. The first-order chi connectivity index (χ1) is 34.5. The predicted molar refractivity (Wildman–Crippen MR) is 258 cm³/mol. The smallest absolute Gasteiger partial charge is 0.338 e. The van der Waals surface area contributed by atoms with Gasteiger partial charge in [0.25, 0.3) is 0 Å². The molecule has 0 unspecified atom stereocenters. The minimum Gasteiger partial charge on any atom is -0.494 e. The number of halogens is 5. The van der Waals surface area contributed by atoms with Crippen LogP contribution in [0.1, 0.15) is 97.3 Å². The second-order valence-corrected chi connectivity index (χ2v) is 17.3. The van der Waals surface area contributed by atoms with Gasteiger partial charge >= 0.3 is 23.9 Å². The molecule has 1 heterocycles. The van der Waals surface area contributed by atoms with E-state index in [4.69, 9.17) is 33.9 Å². The van der Waals surface area contributed by atoms with Crippen LogP contribution < -0.4 is 18.9 Å². The maximum atomic E-state index is 14.0. The average Bonchev–Trinajstić information content (AvgIpc) is 3.64. The van der Waals surface area contributed by atoms with Gasteiger partial charge in [0.15, 0.2) is 12.2 Å². The van der Waals surface area contributed by atoms with Crippen LogP contribution in [0.4, 0.5) is 22.0 Å². The lowest BCUT2D eigenvalue weighted by Gasteiger charge is -2.21. The molecule has 1 fully saturated rings. The van der Waals surface area contributed by atoms with Gasteiger partial charge in [-0.2, -0.15) is 8.78 Å². The number of cyclic esters (lactones) is 1. The summed E-state index contributed by atoms with van der Waals surface area (Å²) in [4.78, 5) is 46.8. The lowest BCUT2D eigenvalue weighted by Crippen LogP contribution is -2.37. The number of aliphatic hydroxyl groups is 2. The highest BCUT2D eigenvalue weighted by molar-refractivity contribution is 5.86. The van der Waals surface area contributed by atoms with Gasteiger partial charge in [0.2, 0.25) is 40.6 Å². The van der Waals surface area contributed by atoms with Crippen molar-refractivity contribution in [2.75, 3.05) is 19.8 Å². The van der Waals surface area contributed by atoms with Gasteiger partial charge in [-0.05, 0) is 132 Å². The predicted octanol–water partition coefficient (Wildman–Crippen LogP) is 10.1. The van der Waals surface area contributed by atoms with E-state index < -0.39 is 88.5 Å². The summed E-state index contributed by atoms with van der Waals surface area (Å²) in [7, 11) is 0. The molecule has 73 heavy (non-hydrogen) atoms. The van der Waals surface area contributed by atoms with Crippen LogP contribution in [0.3, 0.4) is 0 Å². The molecule has 1 aliphatic rings. The van der Waals surface area contributed by atoms with Crippen LogP contribution in [0.15, 0.2) is 78.9 Å². The summed E-state index contributed by atoms with van der Waals surface area (Å²) in [6.07, 6.45) is 3.31. The Morgan fingerprint density at radius 1 is 0.671 bits per heavy atom. The van der Waals surface area contributed by atoms with Gasteiger partial charge in [-0.15, -0.1) is 0 Å². The molecular formula is C54H65F5O14. The first kappa shape index (κ1) is 60.7. The van der Waals surface area contributed by atoms with Gasteiger partial charge in [-0.3, -0.25) is 9.59 Å². The van der Waals surface area contributed by atoms with Crippen LogP contribution >= 0.6 is 0 Å². The second kappa shape index (κ2) is 29.8. The number of carboxylic acids is 2. The summed E-state index contributed by atoms with van der Waals surface area (Å²) in [5.41, 5.74) is 3.04. The molecule has 1 saturated heterocycles. The number of benzene rings is 4. The van der Waals surface area contributed by atoms with E-state index in [1.165, 1.54) is 13.8 Å². The van der Waals surface area contributed by atoms with Gasteiger partial charge in [-0.25, -0.2) is 22.8 Å². The second-order valence-electron chi connectivity index (χ2n) is 17.3. The van der Waals surface area contributed by atoms with Gasteiger partial charge in [0.05, 0.1) is 37.8 Å². The molecule has 0 saturated carbocycles. The van der Waals surface area contributed by atoms with Crippen molar-refractivity contribution >= 4 is 30.0 Å². The molecule has 4 aromatic rings. The number of aliphatic hydroxyl groups excluding tert-OH is 2. The molecule has 400 valence electrons. The van der Waals surface area contributed by atoms with Gasteiger partial charge < -0.3 is 48.8 Å². The normalized spacial score (nSPS) is 15.8. The van der Waals surface area contributed by atoms with Gasteiger partial charge in [0.1, 0.15) is 17.2 Å². The summed E-state index contributed by atoms with van der Waals surface area (Å²) < 4.78 is 99.6. The number of ether oxygens (including phenoxy) is 6. The van der Waals surface area contributed by atoms with Crippen LogP contribution in [0.2, 0.25) is 0 Å². The Bertz CT molecular complexity index is 2380. The Kier molecular flexibility index (Phi) is 24.8. The number of aryl methyl sites for hydroxylation is 2. The van der Waals surface area contributed by atoms with E-state index >= 15 is 0 Å². The zero-order valence-electron chi connectivity index (χ0n) is 41.9. The van der Waals surface area contributed by atoms with E-state index in [2.05, 4.69) is 16.9 Å². The summed E-state index contributed by atoms with van der Waals surface area (Å²) in [6.45, 7) is 14.2. The Morgan fingerprint density at radius 2 is 1.11 bits per heavy atom. The van der Waals surface area contributed by atoms with E-state index in [9.17, 15) is 51.3 Å². The third-order valence-corrected chi connectivity index (χ3v) is 11.2. The Balaban J connectivity index is 0.000000315. The molecule has 19 heteroatoms. The zero-order valence-corrected chi connectivity index (χ0v) is 41.9. The largest absolute Gasteiger partial charge is 0.494 e. The highest BCUT2D eigenvalue weighted by Crippen LogP contribution is 2.34. The van der Waals surface area contributed by atoms with E-state index in [0.29, 0.717) is 57.2 Å². The summed E-state index contributed by atoms with van der Waals surface area (Å²) in [5, 5.41) is 36.3. The fraction of sp³-hybridized carbons (Fsp3) is 0.444. The Labute approximate surface area is 421 Å². The molecule has 0 aromatic heterocycles. The van der Waals surface area contributed by atoms with Crippen molar-refractivity contribution in [2.45, 2.75) is 118 Å². The molecule has 1 aliphatic heterocycles. The SMILES string of the molecule is CCOc1ccc(/C=C/C[C@@H](C)[C@@H](C)O)cc1.CCOc1ccc(CCC[C@@H](C(=O)O)[C@H](O)C(=O)O)cc1.CCOc1ccc(CCC[C@@H](C(=O)Oc2c(F)c(F)c(F)c(F)c2F)[C@@H]2OC(C)(C)OC2=O)cc1. The van der Waals surface area contributed by atoms with Crippen LogP contribution in [0.25, 0.3) is 6.08 Å². The number of allylic oxidation sites excluding steroid dienone is 1. The lowest BCUT2D eigenvalue weighted by atomic mass is 9.94. The molecule has 0 aliphatic carbocycles. The quantitative estimate of drug-likeness (QED) is 0.0170. The minimum absolute atomic E-state index is 0.0721. The van der Waals surface area contributed by atoms with Crippen molar-refractivity contribution in [2.24, 2.45) is 17.8 Å². The van der Waals surface area contributed by atoms with E-state index in [1.807, 2.05) is 83.1 Å². The van der Waals surface area contributed by atoms with Crippen molar-refractivity contribution in [3.8, 4) is 23.0 Å². The molecule has 5 rings (SSSR count). The zero-order chi connectivity index (χ0) is 54.4. The standard InChI is InChI=1S/C24H23F5O6.C15H20O6.C15H22O2/c1-4-32-13-10-8-12(9-11-13)6-5-7-14(20-23(31)35-24(2,3)34-20)22(30)33-21-18(28)16(26)15(25)17(27)19(21)29;1-2-21-11-8-6-10(7-9-11)4-3-5-12(14(17)18)13(16)15(19)20;1-4-17-15-10-8-14(9-11-15)7-5-6-12(2)13(3)16/h8-11,14,20H,4-7H2,1-3H3;6-9,12-13,16H,2-5H2,1H3,(H,17,18)(H,19,20);5,7-13,16H,4,6H2,1-3H3/b;;7-5+/t14-,20+;12-,13+;12-,13-/m111/s1. The molecule has 0 amide bonds. The number of carbonyl (C=O) groups is 4. The van der Waals surface area contributed by atoms with E-state index in [1.54, 1.807) is 24.3 Å². The molecule has 14 nitrogen and oxygen atoms in total. The van der Waals surface area contributed by atoms with Crippen LogP contribution in [-0.4, -0.2) is 88.2 Å². The number of hydrogen-bond donors (Lipinski definition) is 4. The number of esters is 2. The number of carbonyl (C=O) groups excluding carboxylic acids is 2. The van der Waals surface area contributed by atoms with Crippen LogP contribution in [0, 0.1) is 46.8 Å². The highest BCUT2D eigenvalue weighted by atomic mass is 19.2. The van der Waals surface area contributed by atoms with Crippen molar-refractivity contribution in [1.82, 2.24) is 0 Å². The monoisotopic (exact) mass is 1030 g/mol. The molecule has 4 aromatic carbocycles. The summed E-state index contributed by atoms with van der Waals surface area (Å²) in [6, 6.07) is 22.6. The topological polar surface area (TPSA) is 205 Å². The molecule has 0 spiro atoms. The number of aliphatic carboxylic acids is 2. The van der Waals surface area contributed by atoms with E-state index in [0.717, 1.165) is 34.6 Å². The molecule has 0 radical (unpaired) electrons. The van der Waals surface area contributed by atoms with Crippen LogP contribution in [-0.2, 0) is 41.5 Å². The van der Waals surface area contributed by atoms with Gasteiger partial charge in [0, 0.05) is 13.8 Å². The molecule has 4 N–H and O–H groups in total. The fourth-order valence-electron chi connectivity index (χ4n) is 7.10. The van der Waals surface area contributed by atoms with Crippen molar-refractivity contribution in [1.29, 1.82) is 0 Å². The maximum absolute atomic E-state index is 14.0. The van der Waals surface area contributed by atoms with E-state index in [-0.39, 0.29) is 18.9 Å². The van der Waals surface area contributed by atoms with Crippen LogP contribution in [0.5, 0.6) is 23.0 Å². The highest BCUT2D eigenvalue weighted by Gasteiger charge is 2.48. The maximum Gasteiger partial charge on any atom is 0.338 e. The molecular weight excluding hydrogens is 968 g/mol. The Morgan fingerprint density at radius 3 is 1.51 bits per heavy atom. The lowest BCUT2D eigenvalue weighted by molar-refractivity contribution is -0.163. The Hall–Kier alpha value is -6.57. The minimum atomic E-state index is -2.39.